The predicted octanol–water partition coefficient (Wildman–Crippen LogP) is 1.12. The summed E-state index contributed by atoms with van der Waals surface area (Å²) >= 11 is 0. The highest BCUT2D eigenvalue weighted by atomic mass is 16.5. The van der Waals surface area contributed by atoms with Gasteiger partial charge in [-0.15, -0.1) is 0 Å². The second-order valence-electron chi connectivity index (χ2n) is 3.94. The number of hydrogen-bond acceptors (Lipinski definition) is 2. The molecule has 2 bridgehead atoms. The summed E-state index contributed by atoms with van der Waals surface area (Å²) in [6, 6.07) is 0.810. The Morgan fingerprint density at radius 2 is 2.18 bits per heavy atom. The fourth-order valence-corrected chi connectivity index (χ4v) is 2.59. The molecule has 2 saturated heterocycles. The Hall–Kier alpha value is -0.0800. The zero-order chi connectivity index (χ0) is 7.84. The van der Waals surface area contributed by atoms with Gasteiger partial charge in [0.25, 0.3) is 0 Å². The summed E-state index contributed by atoms with van der Waals surface area (Å²) in [7, 11) is 4.09. The van der Waals surface area contributed by atoms with E-state index in [0.717, 1.165) is 12.0 Å². The molecule has 2 nitrogen and oxygen atoms in total. The highest BCUT2D eigenvalue weighted by Gasteiger charge is 2.38. The number of piperidine rings is 2. The van der Waals surface area contributed by atoms with Crippen LogP contribution in [-0.2, 0) is 4.74 Å². The number of ether oxygens (including phenoxy) is 1. The number of rotatable bonds is 1. The summed E-state index contributed by atoms with van der Waals surface area (Å²) in [5.41, 5.74) is 0. The molecule has 0 spiro atoms. The summed E-state index contributed by atoms with van der Waals surface area (Å²) in [5, 5.41) is 0. The van der Waals surface area contributed by atoms with Gasteiger partial charge in [-0.1, -0.05) is 0 Å². The minimum absolute atomic E-state index is 0.560. The summed E-state index contributed by atoms with van der Waals surface area (Å²) in [4.78, 5) is 2.49. The van der Waals surface area contributed by atoms with E-state index in [1.165, 1.54) is 25.8 Å². The minimum Gasteiger partial charge on any atom is -0.381 e. The monoisotopic (exact) mass is 155 g/mol. The predicted molar refractivity (Wildman–Crippen MR) is 44.6 cm³/mol. The Kier molecular flexibility index (Phi) is 1.90. The normalized spacial score (nSPS) is 44.7. The van der Waals surface area contributed by atoms with Crippen molar-refractivity contribution in [3.8, 4) is 0 Å². The number of hydrogen-bond donors (Lipinski definition) is 0. The van der Waals surface area contributed by atoms with Crippen molar-refractivity contribution in [3.05, 3.63) is 0 Å². The molecule has 3 fully saturated rings. The van der Waals surface area contributed by atoms with E-state index >= 15 is 0 Å². The molecule has 64 valence electrons. The zero-order valence-corrected chi connectivity index (χ0v) is 7.42. The molecule has 2 aliphatic heterocycles. The van der Waals surface area contributed by atoms with Gasteiger partial charge in [-0.05, 0) is 32.2 Å². The van der Waals surface area contributed by atoms with Crippen LogP contribution in [0.1, 0.15) is 19.3 Å². The molecule has 3 atom stereocenters. The van der Waals surface area contributed by atoms with Gasteiger partial charge < -0.3 is 9.64 Å². The van der Waals surface area contributed by atoms with E-state index < -0.39 is 0 Å². The molecule has 1 aliphatic carbocycles. The first kappa shape index (κ1) is 7.56. The highest BCUT2D eigenvalue weighted by molar-refractivity contribution is 4.92. The molecule has 0 amide bonds. The van der Waals surface area contributed by atoms with Crippen molar-refractivity contribution in [3.63, 3.8) is 0 Å². The van der Waals surface area contributed by atoms with Gasteiger partial charge in [-0.2, -0.15) is 0 Å². The second-order valence-corrected chi connectivity index (χ2v) is 3.94. The fraction of sp³-hybridized carbons (Fsp3) is 1.00. The maximum atomic E-state index is 5.45. The summed E-state index contributed by atoms with van der Waals surface area (Å²) < 4.78 is 5.45. The Bertz CT molecular complexity index is 148. The minimum atomic E-state index is 0.560. The van der Waals surface area contributed by atoms with Crippen LogP contribution < -0.4 is 0 Å². The first-order valence-corrected chi connectivity index (χ1v) is 4.54. The molecule has 3 aliphatic rings. The first-order chi connectivity index (χ1) is 5.31. The van der Waals surface area contributed by atoms with E-state index in [-0.39, 0.29) is 0 Å². The number of nitrogens with zero attached hydrogens (tertiary/aromatic N) is 1. The van der Waals surface area contributed by atoms with E-state index in [9.17, 15) is 0 Å². The Labute approximate surface area is 68.5 Å². The fourth-order valence-electron chi connectivity index (χ4n) is 2.59. The molecule has 0 N–H and O–H groups in total. The second kappa shape index (κ2) is 2.76. The van der Waals surface area contributed by atoms with Crippen LogP contribution in [0.15, 0.2) is 0 Å². The summed E-state index contributed by atoms with van der Waals surface area (Å²) in [6.07, 6.45) is 4.59. The van der Waals surface area contributed by atoms with Gasteiger partial charge in [0.15, 0.2) is 0 Å². The molecule has 0 aromatic carbocycles. The quantitative estimate of drug-likeness (QED) is 0.562. The third kappa shape index (κ3) is 1.18. The van der Waals surface area contributed by atoms with E-state index in [2.05, 4.69) is 11.9 Å². The number of fused-ring (bicyclic) bond motifs is 3. The van der Waals surface area contributed by atoms with Crippen LogP contribution in [-0.4, -0.2) is 37.7 Å². The van der Waals surface area contributed by atoms with Crippen LogP contribution in [0, 0.1) is 5.92 Å². The van der Waals surface area contributed by atoms with Gasteiger partial charge in [0, 0.05) is 19.7 Å². The van der Waals surface area contributed by atoms with Gasteiger partial charge in [-0.3, -0.25) is 0 Å². The van der Waals surface area contributed by atoms with Crippen LogP contribution in [0.3, 0.4) is 0 Å². The van der Waals surface area contributed by atoms with Gasteiger partial charge in [-0.25, -0.2) is 0 Å². The maximum absolute atomic E-state index is 5.45. The SMILES string of the molecule is COC1CC2CCC1CN2C. The third-order valence-electron chi connectivity index (χ3n) is 3.35. The van der Waals surface area contributed by atoms with E-state index in [4.69, 9.17) is 4.74 Å². The zero-order valence-electron chi connectivity index (χ0n) is 7.42. The van der Waals surface area contributed by atoms with Crippen LogP contribution in [0.4, 0.5) is 0 Å². The standard InChI is InChI=1S/C9H17NO/c1-10-6-7-3-4-8(10)5-9(7)11-2/h7-9H,3-6H2,1-2H3. The number of methoxy groups -OCH3 is 1. The Morgan fingerprint density at radius 1 is 1.36 bits per heavy atom. The van der Waals surface area contributed by atoms with Gasteiger partial charge in [0.1, 0.15) is 0 Å². The molecular formula is C9H17NO. The summed E-state index contributed by atoms with van der Waals surface area (Å²) in [5.74, 6) is 0.815. The lowest BCUT2D eigenvalue weighted by Crippen LogP contribution is -2.52. The molecule has 3 rings (SSSR count). The van der Waals surface area contributed by atoms with Gasteiger partial charge in [0.05, 0.1) is 6.10 Å². The molecule has 11 heavy (non-hydrogen) atoms. The molecule has 0 aromatic heterocycles. The van der Waals surface area contributed by atoms with Gasteiger partial charge >= 0.3 is 0 Å². The Balaban J connectivity index is 2.04. The largest absolute Gasteiger partial charge is 0.381 e. The van der Waals surface area contributed by atoms with Gasteiger partial charge in [0.2, 0.25) is 0 Å². The van der Waals surface area contributed by atoms with Crippen molar-refractivity contribution in [1.82, 2.24) is 4.90 Å². The molecule has 0 aromatic rings. The lowest BCUT2D eigenvalue weighted by atomic mass is 9.78. The molecule has 1 saturated carbocycles. The lowest BCUT2D eigenvalue weighted by Gasteiger charge is -2.47. The topological polar surface area (TPSA) is 12.5 Å². The average Bonchev–Trinajstić information content (AvgIpc) is 2.05. The van der Waals surface area contributed by atoms with Crippen molar-refractivity contribution < 1.29 is 4.74 Å². The molecular weight excluding hydrogens is 138 g/mol. The van der Waals surface area contributed by atoms with Crippen LogP contribution in [0.2, 0.25) is 0 Å². The Morgan fingerprint density at radius 3 is 2.64 bits per heavy atom. The molecule has 3 unspecified atom stereocenters. The van der Waals surface area contributed by atoms with Crippen molar-refractivity contribution in [2.24, 2.45) is 5.92 Å². The van der Waals surface area contributed by atoms with E-state index in [0.29, 0.717) is 6.10 Å². The molecule has 0 radical (unpaired) electrons. The van der Waals surface area contributed by atoms with Crippen LogP contribution >= 0.6 is 0 Å². The smallest absolute Gasteiger partial charge is 0.0626 e. The van der Waals surface area contributed by atoms with Crippen LogP contribution in [0.25, 0.3) is 0 Å². The first-order valence-electron chi connectivity index (χ1n) is 4.54. The van der Waals surface area contributed by atoms with Crippen LogP contribution in [0.5, 0.6) is 0 Å². The molecule has 2 heteroatoms. The van der Waals surface area contributed by atoms with Crippen molar-refractivity contribution in [1.29, 1.82) is 0 Å². The average molecular weight is 155 g/mol. The summed E-state index contributed by atoms with van der Waals surface area (Å²) in [6.45, 7) is 1.25. The van der Waals surface area contributed by atoms with Crippen molar-refractivity contribution >= 4 is 0 Å². The molecule has 2 heterocycles. The third-order valence-corrected chi connectivity index (χ3v) is 3.35. The van der Waals surface area contributed by atoms with E-state index in [1.54, 1.807) is 0 Å². The van der Waals surface area contributed by atoms with Crippen molar-refractivity contribution in [2.75, 3.05) is 20.7 Å². The highest BCUT2D eigenvalue weighted by Crippen LogP contribution is 2.35. The lowest BCUT2D eigenvalue weighted by molar-refractivity contribution is -0.0602. The maximum Gasteiger partial charge on any atom is 0.0626 e. The van der Waals surface area contributed by atoms with Crippen molar-refractivity contribution in [2.45, 2.75) is 31.4 Å². The van der Waals surface area contributed by atoms with E-state index in [1.807, 2.05) is 7.11 Å².